The zero-order chi connectivity index (χ0) is 13.0. The molecule has 3 nitrogen and oxygen atoms in total. The predicted octanol–water partition coefficient (Wildman–Crippen LogP) is 3.32. The SMILES string of the molecule is COc1cccc(CNc2cc(C)ccc2C)n1. The number of methoxy groups -OCH3 is 1. The molecule has 0 spiro atoms. The number of nitrogens with zero attached hydrogens (tertiary/aromatic N) is 1. The molecule has 2 aromatic rings. The van der Waals surface area contributed by atoms with Crippen LogP contribution in [0.3, 0.4) is 0 Å². The molecule has 0 fully saturated rings. The molecule has 1 aromatic heterocycles. The Morgan fingerprint density at radius 1 is 1.17 bits per heavy atom. The van der Waals surface area contributed by atoms with Crippen LogP contribution in [0.4, 0.5) is 5.69 Å². The summed E-state index contributed by atoms with van der Waals surface area (Å²) in [4.78, 5) is 4.37. The van der Waals surface area contributed by atoms with E-state index in [0.717, 1.165) is 11.4 Å². The summed E-state index contributed by atoms with van der Waals surface area (Å²) < 4.78 is 5.11. The molecule has 2 rings (SSSR count). The summed E-state index contributed by atoms with van der Waals surface area (Å²) in [7, 11) is 1.63. The summed E-state index contributed by atoms with van der Waals surface area (Å²) >= 11 is 0. The smallest absolute Gasteiger partial charge is 0.213 e. The molecule has 0 unspecified atom stereocenters. The van der Waals surface area contributed by atoms with E-state index in [1.807, 2.05) is 18.2 Å². The summed E-state index contributed by atoms with van der Waals surface area (Å²) in [6, 6.07) is 12.2. The second-order valence-electron chi connectivity index (χ2n) is 4.34. The zero-order valence-corrected chi connectivity index (χ0v) is 11.0. The zero-order valence-electron chi connectivity index (χ0n) is 11.0. The van der Waals surface area contributed by atoms with Gasteiger partial charge in [0.05, 0.1) is 19.3 Å². The molecular weight excluding hydrogens is 224 g/mol. The third-order valence-electron chi connectivity index (χ3n) is 2.84. The highest BCUT2D eigenvalue weighted by atomic mass is 16.5. The highest BCUT2D eigenvalue weighted by Gasteiger charge is 2.00. The van der Waals surface area contributed by atoms with E-state index in [-0.39, 0.29) is 0 Å². The molecule has 0 atom stereocenters. The first-order valence-corrected chi connectivity index (χ1v) is 6.00. The lowest BCUT2D eigenvalue weighted by Crippen LogP contribution is -2.03. The molecule has 0 aliphatic carbocycles. The van der Waals surface area contributed by atoms with Crippen LogP contribution in [0, 0.1) is 13.8 Å². The van der Waals surface area contributed by atoms with Gasteiger partial charge in [-0.1, -0.05) is 18.2 Å². The molecule has 0 saturated carbocycles. The minimum atomic E-state index is 0.648. The number of ether oxygens (including phenoxy) is 1. The monoisotopic (exact) mass is 242 g/mol. The fraction of sp³-hybridized carbons (Fsp3) is 0.267. The number of hydrogen-bond donors (Lipinski definition) is 1. The first-order chi connectivity index (χ1) is 8.69. The number of rotatable bonds is 4. The van der Waals surface area contributed by atoms with Gasteiger partial charge < -0.3 is 10.1 Å². The molecule has 0 aliphatic rings. The molecule has 0 aliphatic heterocycles. The van der Waals surface area contributed by atoms with Crippen molar-refractivity contribution in [3.63, 3.8) is 0 Å². The van der Waals surface area contributed by atoms with Gasteiger partial charge in [0.25, 0.3) is 0 Å². The van der Waals surface area contributed by atoms with Gasteiger partial charge in [-0.2, -0.15) is 0 Å². The van der Waals surface area contributed by atoms with Crippen LogP contribution in [0.15, 0.2) is 36.4 Å². The highest BCUT2D eigenvalue weighted by molar-refractivity contribution is 5.52. The standard InChI is InChI=1S/C15H18N2O/c1-11-7-8-12(2)14(9-11)16-10-13-5-4-6-15(17-13)18-3/h4-9,16H,10H2,1-3H3. The molecule has 18 heavy (non-hydrogen) atoms. The Morgan fingerprint density at radius 2 is 2.00 bits per heavy atom. The normalized spacial score (nSPS) is 10.2. The van der Waals surface area contributed by atoms with Gasteiger partial charge in [0.2, 0.25) is 5.88 Å². The van der Waals surface area contributed by atoms with Crippen molar-refractivity contribution in [3.8, 4) is 5.88 Å². The summed E-state index contributed by atoms with van der Waals surface area (Å²) in [5.74, 6) is 0.648. The fourth-order valence-corrected chi connectivity index (χ4v) is 1.78. The Hall–Kier alpha value is -2.03. The number of benzene rings is 1. The number of pyridine rings is 1. The van der Waals surface area contributed by atoms with Crippen molar-refractivity contribution in [2.24, 2.45) is 0 Å². The molecule has 0 radical (unpaired) electrons. The lowest BCUT2D eigenvalue weighted by atomic mass is 10.1. The summed E-state index contributed by atoms with van der Waals surface area (Å²) in [5, 5.41) is 3.40. The second kappa shape index (κ2) is 5.54. The van der Waals surface area contributed by atoms with Crippen molar-refractivity contribution in [2.75, 3.05) is 12.4 Å². The van der Waals surface area contributed by atoms with E-state index >= 15 is 0 Å². The third-order valence-corrected chi connectivity index (χ3v) is 2.84. The minimum Gasteiger partial charge on any atom is -0.481 e. The fourth-order valence-electron chi connectivity index (χ4n) is 1.78. The molecule has 0 saturated heterocycles. The van der Waals surface area contributed by atoms with Gasteiger partial charge >= 0.3 is 0 Å². The number of aromatic nitrogens is 1. The third kappa shape index (κ3) is 3.00. The van der Waals surface area contributed by atoms with Gasteiger partial charge in [-0.05, 0) is 37.1 Å². The van der Waals surface area contributed by atoms with Crippen molar-refractivity contribution in [1.29, 1.82) is 0 Å². The van der Waals surface area contributed by atoms with E-state index in [1.165, 1.54) is 11.1 Å². The molecular formula is C15H18N2O. The molecule has 1 aromatic carbocycles. The van der Waals surface area contributed by atoms with Gasteiger partial charge in [0.1, 0.15) is 0 Å². The quantitative estimate of drug-likeness (QED) is 0.893. The van der Waals surface area contributed by atoms with Crippen molar-refractivity contribution < 1.29 is 4.74 Å². The van der Waals surface area contributed by atoms with Crippen molar-refractivity contribution in [3.05, 3.63) is 53.2 Å². The first kappa shape index (κ1) is 12.4. The molecule has 0 bridgehead atoms. The van der Waals surface area contributed by atoms with Crippen LogP contribution in [-0.2, 0) is 6.54 Å². The topological polar surface area (TPSA) is 34.1 Å². The van der Waals surface area contributed by atoms with E-state index in [9.17, 15) is 0 Å². The van der Waals surface area contributed by atoms with Crippen LogP contribution in [-0.4, -0.2) is 12.1 Å². The van der Waals surface area contributed by atoms with E-state index < -0.39 is 0 Å². The Morgan fingerprint density at radius 3 is 2.78 bits per heavy atom. The maximum absolute atomic E-state index is 5.11. The van der Waals surface area contributed by atoms with E-state index in [1.54, 1.807) is 7.11 Å². The van der Waals surface area contributed by atoms with E-state index in [4.69, 9.17) is 4.74 Å². The Kier molecular flexibility index (Phi) is 3.82. The number of aryl methyl sites for hydroxylation is 2. The van der Waals surface area contributed by atoms with Gasteiger partial charge in [-0.15, -0.1) is 0 Å². The molecule has 0 amide bonds. The van der Waals surface area contributed by atoms with Crippen LogP contribution in [0.1, 0.15) is 16.8 Å². The number of nitrogens with one attached hydrogen (secondary N) is 1. The molecule has 94 valence electrons. The molecule has 1 heterocycles. The maximum Gasteiger partial charge on any atom is 0.213 e. The van der Waals surface area contributed by atoms with E-state index in [2.05, 4.69) is 42.3 Å². The summed E-state index contributed by atoms with van der Waals surface area (Å²) in [6.07, 6.45) is 0. The number of hydrogen-bond acceptors (Lipinski definition) is 3. The predicted molar refractivity (Wildman–Crippen MR) is 74.0 cm³/mol. The van der Waals surface area contributed by atoms with Crippen LogP contribution in [0.2, 0.25) is 0 Å². The Balaban J connectivity index is 2.08. The minimum absolute atomic E-state index is 0.648. The number of anilines is 1. The van der Waals surface area contributed by atoms with Crippen LogP contribution >= 0.6 is 0 Å². The molecule has 3 heteroatoms. The summed E-state index contributed by atoms with van der Waals surface area (Å²) in [6.45, 7) is 4.89. The Labute approximate surface area is 108 Å². The molecule has 1 N–H and O–H groups in total. The van der Waals surface area contributed by atoms with Crippen LogP contribution in [0.5, 0.6) is 5.88 Å². The van der Waals surface area contributed by atoms with Crippen LogP contribution < -0.4 is 10.1 Å². The lowest BCUT2D eigenvalue weighted by Gasteiger charge is -2.10. The second-order valence-corrected chi connectivity index (χ2v) is 4.34. The van der Waals surface area contributed by atoms with Gasteiger partial charge in [-0.3, -0.25) is 0 Å². The van der Waals surface area contributed by atoms with Crippen molar-refractivity contribution in [1.82, 2.24) is 4.98 Å². The lowest BCUT2D eigenvalue weighted by molar-refractivity contribution is 0.396. The Bertz CT molecular complexity index is 538. The highest BCUT2D eigenvalue weighted by Crippen LogP contribution is 2.17. The van der Waals surface area contributed by atoms with E-state index in [0.29, 0.717) is 12.4 Å². The van der Waals surface area contributed by atoms with Crippen LogP contribution in [0.25, 0.3) is 0 Å². The average molecular weight is 242 g/mol. The van der Waals surface area contributed by atoms with Gasteiger partial charge in [0.15, 0.2) is 0 Å². The first-order valence-electron chi connectivity index (χ1n) is 6.00. The maximum atomic E-state index is 5.11. The van der Waals surface area contributed by atoms with Crippen molar-refractivity contribution >= 4 is 5.69 Å². The summed E-state index contributed by atoms with van der Waals surface area (Å²) in [5.41, 5.74) is 4.61. The van der Waals surface area contributed by atoms with Gasteiger partial charge in [-0.25, -0.2) is 4.98 Å². The largest absolute Gasteiger partial charge is 0.481 e. The van der Waals surface area contributed by atoms with Gasteiger partial charge in [0, 0.05) is 11.8 Å². The van der Waals surface area contributed by atoms with Crippen molar-refractivity contribution in [2.45, 2.75) is 20.4 Å². The average Bonchev–Trinajstić information content (AvgIpc) is 2.40.